The molecule has 1 N–H and O–H groups in total. The SMILES string of the molecule is CCN(CC)CCN1C(=O)C(=O)/C(=C(/O)c2cc(OC)c(Cl)cc2OC)C1c1ccccc1F. The van der Waals surface area contributed by atoms with E-state index in [1.807, 2.05) is 13.8 Å². The lowest BCUT2D eigenvalue weighted by Gasteiger charge is -2.28. The number of benzene rings is 2. The Morgan fingerprint density at radius 3 is 2.35 bits per heavy atom. The van der Waals surface area contributed by atoms with E-state index in [9.17, 15) is 19.1 Å². The first-order valence-electron chi connectivity index (χ1n) is 11.0. The highest BCUT2D eigenvalue weighted by Crippen LogP contribution is 2.43. The summed E-state index contributed by atoms with van der Waals surface area (Å²) in [6, 6.07) is 7.64. The first kappa shape index (κ1) is 25.5. The van der Waals surface area contributed by atoms with Gasteiger partial charge in [0.05, 0.1) is 36.4 Å². The molecule has 0 bridgehead atoms. The molecular weight excluding hydrogens is 463 g/mol. The average molecular weight is 491 g/mol. The Labute approximate surface area is 203 Å². The Balaban J connectivity index is 2.22. The Kier molecular flexibility index (Phi) is 8.17. The highest BCUT2D eigenvalue weighted by atomic mass is 35.5. The van der Waals surface area contributed by atoms with Crippen molar-refractivity contribution in [3.8, 4) is 11.5 Å². The third-order valence-corrected chi connectivity index (χ3v) is 6.32. The van der Waals surface area contributed by atoms with Crippen LogP contribution >= 0.6 is 11.6 Å². The minimum absolute atomic E-state index is 0.104. The van der Waals surface area contributed by atoms with E-state index >= 15 is 0 Å². The van der Waals surface area contributed by atoms with Crippen LogP contribution in [0.5, 0.6) is 11.5 Å². The normalized spacial score (nSPS) is 17.5. The number of methoxy groups -OCH3 is 2. The number of nitrogens with zero attached hydrogens (tertiary/aromatic N) is 2. The summed E-state index contributed by atoms with van der Waals surface area (Å²) in [6.07, 6.45) is 0. The standard InChI is InChI=1S/C25H28ClFN2O5/c1-5-28(6-2)11-12-29-22(15-9-7-8-10-18(15)27)21(24(31)25(29)32)23(30)16-13-20(34-4)17(26)14-19(16)33-3/h7-10,13-14,22,30H,5-6,11-12H2,1-4H3/b23-21+. The van der Waals surface area contributed by atoms with Gasteiger partial charge < -0.3 is 24.4 Å². The molecule has 1 saturated heterocycles. The molecule has 1 unspecified atom stereocenters. The van der Waals surface area contributed by atoms with Gasteiger partial charge in [0.15, 0.2) is 0 Å². The molecule has 1 heterocycles. The third kappa shape index (κ3) is 4.74. The quantitative estimate of drug-likeness (QED) is 0.321. The van der Waals surface area contributed by atoms with E-state index in [0.717, 1.165) is 13.1 Å². The molecule has 182 valence electrons. The highest BCUT2D eigenvalue weighted by molar-refractivity contribution is 6.46. The van der Waals surface area contributed by atoms with Gasteiger partial charge in [-0.3, -0.25) is 9.59 Å². The Morgan fingerprint density at radius 2 is 1.76 bits per heavy atom. The number of amides is 1. The number of carbonyl (C=O) groups excluding carboxylic acids is 2. The van der Waals surface area contributed by atoms with E-state index in [0.29, 0.717) is 6.54 Å². The first-order valence-corrected chi connectivity index (χ1v) is 11.3. The van der Waals surface area contributed by atoms with Gasteiger partial charge in [0, 0.05) is 24.7 Å². The molecule has 0 radical (unpaired) electrons. The Morgan fingerprint density at radius 1 is 1.12 bits per heavy atom. The van der Waals surface area contributed by atoms with Crippen molar-refractivity contribution < 1.29 is 28.6 Å². The van der Waals surface area contributed by atoms with Crippen LogP contribution < -0.4 is 9.47 Å². The van der Waals surface area contributed by atoms with Crippen LogP contribution in [0.4, 0.5) is 4.39 Å². The molecule has 34 heavy (non-hydrogen) atoms. The molecule has 0 aliphatic carbocycles. The zero-order valence-corrected chi connectivity index (χ0v) is 20.4. The van der Waals surface area contributed by atoms with Gasteiger partial charge in [-0.05, 0) is 25.2 Å². The van der Waals surface area contributed by atoms with Gasteiger partial charge in [0.2, 0.25) is 0 Å². The Bertz CT molecular complexity index is 1120. The van der Waals surface area contributed by atoms with Crippen LogP contribution in [0.25, 0.3) is 5.76 Å². The minimum atomic E-state index is -1.11. The van der Waals surface area contributed by atoms with Crippen molar-refractivity contribution in [3.05, 3.63) is 63.9 Å². The van der Waals surface area contributed by atoms with Crippen LogP contribution in [0, 0.1) is 5.82 Å². The van der Waals surface area contributed by atoms with Gasteiger partial charge in [-0.1, -0.05) is 43.6 Å². The molecule has 2 aromatic carbocycles. The predicted molar refractivity (Wildman–Crippen MR) is 128 cm³/mol. The van der Waals surface area contributed by atoms with E-state index in [1.54, 1.807) is 6.07 Å². The van der Waals surface area contributed by atoms with Gasteiger partial charge in [0.25, 0.3) is 11.7 Å². The summed E-state index contributed by atoms with van der Waals surface area (Å²) in [5, 5.41) is 11.5. The van der Waals surface area contributed by atoms with Gasteiger partial charge in [0.1, 0.15) is 23.1 Å². The molecule has 0 aromatic heterocycles. The van der Waals surface area contributed by atoms with Crippen molar-refractivity contribution in [3.63, 3.8) is 0 Å². The lowest BCUT2D eigenvalue weighted by Crippen LogP contribution is -2.38. The number of rotatable bonds is 9. The second kappa shape index (κ2) is 10.9. The van der Waals surface area contributed by atoms with Crippen molar-refractivity contribution in [2.24, 2.45) is 0 Å². The van der Waals surface area contributed by atoms with Crippen molar-refractivity contribution in [1.82, 2.24) is 9.80 Å². The summed E-state index contributed by atoms with van der Waals surface area (Å²) in [4.78, 5) is 29.7. The molecule has 1 amide bonds. The number of likely N-dealkylation sites (tertiary alicyclic amines) is 1. The summed E-state index contributed by atoms with van der Waals surface area (Å²) in [7, 11) is 2.79. The number of likely N-dealkylation sites (N-methyl/N-ethyl adjacent to an activating group) is 1. The molecule has 9 heteroatoms. The molecule has 1 aliphatic rings. The van der Waals surface area contributed by atoms with E-state index in [-0.39, 0.29) is 39.8 Å². The lowest BCUT2D eigenvalue weighted by atomic mass is 9.94. The van der Waals surface area contributed by atoms with Crippen LogP contribution in [0.15, 0.2) is 42.0 Å². The van der Waals surface area contributed by atoms with Gasteiger partial charge >= 0.3 is 0 Å². The summed E-state index contributed by atoms with van der Waals surface area (Å²) in [6.45, 7) is 6.17. The Hall–Kier alpha value is -3.10. The largest absolute Gasteiger partial charge is 0.507 e. The number of aliphatic hydroxyl groups excluding tert-OH is 1. The van der Waals surface area contributed by atoms with Gasteiger partial charge in [-0.25, -0.2) is 4.39 Å². The first-order chi connectivity index (χ1) is 16.3. The number of carbonyl (C=O) groups is 2. The maximum atomic E-state index is 14.9. The van der Waals surface area contributed by atoms with Crippen LogP contribution in [-0.2, 0) is 9.59 Å². The average Bonchev–Trinajstić information content (AvgIpc) is 3.09. The lowest BCUT2D eigenvalue weighted by molar-refractivity contribution is -0.140. The molecule has 0 spiro atoms. The number of hydrogen-bond donors (Lipinski definition) is 1. The molecule has 2 aromatic rings. The molecule has 7 nitrogen and oxygen atoms in total. The smallest absolute Gasteiger partial charge is 0.295 e. The van der Waals surface area contributed by atoms with Gasteiger partial charge in [-0.2, -0.15) is 0 Å². The van der Waals surface area contributed by atoms with E-state index in [4.69, 9.17) is 21.1 Å². The number of aliphatic hydroxyl groups is 1. The van der Waals surface area contributed by atoms with E-state index < -0.39 is 29.3 Å². The molecule has 1 atom stereocenters. The highest BCUT2D eigenvalue weighted by Gasteiger charge is 2.47. The second-order valence-corrected chi connectivity index (χ2v) is 8.14. The fourth-order valence-corrected chi connectivity index (χ4v) is 4.34. The molecule has 1 fully saturated rings. The zero-order chi connectivity index (χ0) is 25.0. The van der Waals surface area contributed by atoms with E-state index in [1.165, 1.54) is 49.5 Å². The minimum Gasteiger partial charge on any atom is -0.507 e. The molecule has 3 rings (SSSR count). The number of hydrogen-bond acceptors (Lipinski definition) is 6. The van der Waals surface area contributed by atoms with Crippen LogP contribution in [0.3, 0.4) is 0 Å². The molecular formula is C25H28ClFN2O5. The maximum Gasteiger partial charge on any atom is 0.295 e. The van der Waals surface area contributed by atoms with Crippen LogP contribution in [-0.4, -0.2) is 67.0 Å². The number of ether oxygens (including phenoxy) is 2. The van der Waals surface area contributed by atoms with Crippen molar-refractivity contribution in [2.75, 3.05) is 40.4 Å². The fourth-order valence-electron chi connectivity index (χ4n) is 4.11. The predicted octanol–water partition coefficient (Wildman–Crippen LogP) is 4.26. The summed E-state index contributed by atoms with van der Waals surface area (Å²) in [5.74, 6) is -2.38. The number of Topliss-reactive ketones (excluding diaryl/α,β-unsaturated/α-hetero) is 1. The van der Waals surface area contributed by atoms with Gasteiger partial charge in [-0.15, -0.1) is 0 Å². The molecule has 0 saturated carbocycles. The topological polar surface area (TPSA) is 79.3 Å². The van der Waals surface area contributed by atoms with Crippen LogP contribution in [0.1, 0.15) is 31.0 Å². The zero-order valence-electron chi connectivity index (χ0n) is 19.6. The maximum absolute atomic E-state index is 14.9. The third-order valence-electron chi connectivity index (χ3n) is 6.02. The van der Waals surface area contributed by atoms with Crippen LogP contribution in [0.2, 0.25) is 5.02 Å². The number of halogens is 2. The van der Waals surface area contributed by atoms with Crippen molar-refractivity contribution in [1.29, 1.82) is 0 Å². The summed E-state index contributed by atoms with van der Waals surface area (Å²) >= 11 is 6.18. The summed E-state index contributed by atoms with van der Waals surface area (Å²) in [5.41, 5.74) is -0.00755. The summed E-state index contributed by atoms with van der Waals surface area (Å²) < 4.78 is 25.5. The monoisotopic (exact) mass is 490 g/mol. The number of ketones is 1. The van der Waals surface area contributed by atoms with E-state index in [2.05, 4.69) is 4.90 Å². The molecule has 1 aliphatic heterocycles. The van der Waals surface area contributed by atoms with Crippen molar-refractivity contribution >= 4 is 29.1 Å². The fraction of sp³-hybridized carbons (Fsp3) is 0.360. The second-order valence-electron chi connectivity index (χ2n) is 7.73. The van der Waals surface area contributed by atoms with Crippen molar-refractivity contribution in [2.45, 2.75) is 19.9 Å².